The van der Waals surface area contributed by atoms with Crippen LogP contribution in [0.4, 0.5) is 0 Å². The molecule has 1 heterocycles. The lowest BCUT2D eigenvalue weighted by Crippen LogP contribution is -2.42. The van der Waals surface area contributed by atoms with Crippen LogP contribution in [-0.4, -0.2) is 49.6 Å². The van der Waals surface area contributed by atoms with Gasteiger partial charge in [-0.05, 0) is 38.3 Å². The Morgan fingerprint density at radius 1 is 1.17 bits per heavy atom. The zero-order valence-corrected chi connectivity index (χ0v) is 14.3. The maximum Gasteiger partial charge on any atom is 0.338 e. The van der Waals surface area contributed by atoms with Crippen LogP contribution in [0.1, 0.15) is 34.3 Å². The summed E-state index contributed by atoms with van der Waals surface area (Å²) in [6.45, 7) is 4.39. The van der Waals surface area contributed by atoms with E-state index in [1.165, 1.54) is 7.11 Å². The van der Waals surface area contributed by atoms with Crippen molar-refractivity contribution in [1.29, 1.82) is 0 Å². The zero-order chi connectivity index (χ0) is 17.7. The van der Waals surface area contributed by atoms with Gasteiger partial charge in [-0.2, -0.15) is 0 Å². The van der Waals surface area contributed by atoms with E-state index in [-0.39, 0.29) is 24.4 Å². The molecule has 1 fully saturated rings. The zero-order valence-electron chi connectivity index (χ0n) is 14.3. The Morgan fingerprint density at radius 3 is 2.46 bits per heavy atom. The van der Waals surface area contributed by atoms with Crippen molar-refractivity contribution in [3.05, 3.63) is 34.9 Å². The van der Waals surface area contributed by atoms with Crippen LogP contribution >= 0.6 is 0 Å². The van der Waals surface area contributed by atoms with E-state index in [2.05, 4.69) is 0 Å². The van der Waals surface area contributed by atoms with Crippen LogP contribution in [0.5, 0.6) is 0 Å². The summed E-state index contributed by atoms with van der Waals surface area (Å²) >= 11 is 0. The summed E-state index contributed by atoms with van der Waals surface area (Å²) in [5, 5.41) is 0. The highest BCUT2D eigenvalue weighted by Crippen LogP contribution is 2.18. The van der Waals surface area contributed by atoms with E-state index in [4.69, 9.17) is 9.47 Å². The molecule has 2 rings (SSSR count). The molecule has 0 unspecified atom stereocenters. The van der Waals surface area contributed by atoms with Crippen molar-refractivity contribution in [2.24, 2.45) is 5.92 Å². The van der Waals surface area contributed by atoms with Gasteiger partial charge in [-0.1, -0.05) is 17.7 Å². The molecule has 0 aromatic heterocycles. The predicted octanol–water partition coefficient (Wildman–Crippen LogP) is 1.87. The average Bonchev–Trinajstić information content (AvgIpc) is 2.60. The maximum absolute atomic E-state index is 12.2. The summed E-state index contributed by atoms with van der Waals surface area (Å²) in [6.07, 6.45) is 1.15. The third-order valence-electron chi connectivity index (χ3n) is 4.32. The van der Waals surface area contributed by atoms with E-state index >= 15 is 0 Å². The SMILES string of the molecule is COC(=O)C1CCN(C(=O)COC(=O)c2cc(C)ccc2C)CC1. The Kier molecular flexibility index (Phi) is 5.95. The van der Waals surface area contributed by atoms with Crippen LogP contribution in [0.25, 0.3) is 0 Å². The van der Waals surface area contributed by atoms with E-state index < -0.39 is 5.97 Å². The second-order valence-corrected chi connectivity index (χ2v) is 6.07. The van der Waals surface area contributed by atoms with Gasteiger partial charge in [0.1, 0.15) is 0 Å². The molecule has 0 bridgehead atoms. The molecule has 6 nitrogen and oxygen atoms in total. The smallest absolute Gasteiger partial charge is 0.338 e. The summed E-state index contributed by atoms with van der Waals surface area (Å²) < 4.78 is 9.88. The number of benzene rings is 1. The lowest BCUT2D eigenvalue weighted by molar-refractivity contribution is -0.149. The van der Waals surface area contributed by atoms with Crippen molar-refractivity contribution in [2.45, 2.75) is 26.7 Å². The van der Waals surface area contributed by atoms with Crippen molar-refractivity contribution in [2.75, 3.05) is 26.8 Å². The topological polar surface area (TPSA) is 72.9 Å². The molecule has 130 valence electrons. The van der Waals surface area contributed by atoms with Crippen molar-refractivity contribution >= 4 is 17.8 Å². The largest absolute Gasteiger partial charge is 0.469 e. The Bertz CT molecular complexity index is 632. The number of hydrogen-bond donors (Lipinski definition) is 0. The summed E-state index contributed by atoms with van der Waals surface area (Å²) in [5.41, 5.74) is 2.26. The summed E-state index contributed by atoms with van der Waals surface area (Å²) in [5.74, 6) is -1.12. The molecule has 0 radical (unpaired) electrons. The highest BCUT2D eigenvalue weighted by atomic mass is 16.5. The minimum Gasteiger partial charge on any atom is -0.469 e. The van der Waals surface area contributed by atoms with Crippen LogP contribution in [0, 0.1) is 19.8 Å². The number of amides is 1. The molecule has 1 aliphatic rings. The molecular formula is C18H23NO5. The maximum atomic E-state index is 12.2. The molecule has 1 aromatic rings. The van der Waals surface area contributed by atoms with Crippen LogP contribution in [0.15, 0.2) is 18.2 Å². The van der Waals surface area contributed by atoms with E-state index in [0.29, 0.717) is 31.5 Å². The van der Waals surface area contributed by atoms with Gasteiger partial charge in [-0.3, -0.25) is 9.59 Å². The first-order chi connectivity index (χ1) is 11.4. The van der Waals surface area contributed by atoms with E-state index in [9.17, 15) is 14.4 Å². The fraction of sp³-hybridized carbons (Fsp3) is 0.500. The molecule has 0 spiro atoms. The standard InChI is InChI=1S/C18H23NO5/c1-12-4-5-13(2)15(10-12)18(22)24-11-16(20)19-8-6-14(7-9-19)17(21)23-3/h4-5,10,14H,6-9,11H2,1-3H3. The molecule has 0 atom stereocenters. The average molecular weight is 333 g/mol. The Hall–Kier alpha value is -2.37. The third kappa shape index (κ3) is 4.34. The number of hydrogen-bond acceptors (Lipinski definition) is 5. The fourth-order valence-corrected chi connectivity index (χ4v) is 2.78. The quantitative estimate of drug-likeness (QED) is 0.787. The Morgan fingerprint density at radius 2 is 1.83 bits per heavy atom. The molecule has 6 heteroatoms. The van der Waals surface area contributed by atoms with Crippen LogP contribution < -0.4 is 0 Å². The fourth-order valence-electron chi connectivity index (χ4n) is 2.78. The van der Waals surface area contributed by atoms with Crippen molar-refractivity contribution < 1.29 is 23.9 Å². The molecule has 0 aliphatic carbocycles. The van der Waals surface area contributed by atoms with Gasteiger partial charge in [0.25, 0.3) is 5.91 Å². The monoisotopic (exact) mass is 333 g/mol. The van der Waals surface area contributed by atoms with Gasteiger partial charge in [0.05, 0.1) is 18.6 Å². The molecule has 24 heavy (non-hydrogen) atoms. The molecular weight excluding hydrogens is 310 g/mol. The first-order valence-corrected chi connectivity index (χ1v) is 8.02. The van der Waals surface area contributed by atoms with Crippen LogP contribution in [0.3, 0.4) is 0 Å². The van der Waals surface area contributed by atoms with Gasteiger partial charge in [0, 0.05) is 13.1 Å². The number of esters is 2. The van der Waals surface area contributed by atoms with Gasteiger partial charge in [-0.25, -0.2) is 4.79 Å². The van der Waals surface area contributed by atoms with Gasteiger partial charge >= 0.3 is 11.9 Å². The second-order valence-electron chi connectivity index (χ2n) is 6.07. The second kappa shape index (κ2) is 7.95. The minimum atomic E-state index is -0.492. The first kappa shape index (κ1) is 18.0. The van der Waals surface area contributed by atoms with Gasteiger partial charge in [0.15, 0.2) is 6.61 Å². The number of carbonyl (C=O) groups excluding carboxylic acids is 3. The van der Waals surface area contributed by atoms with Crippen LogP contribution in [-0.2, 0) is 19.1 Å². The number of ether oxygens (including phenoxy) is 2. The first-order valence-electron chi connectivity index (χ1n) is 8.02. The normalized spacial score (nSPS) is 15.0. The third-order valence-corrected chi connectivity index (χ3v) is 4.32. The van der Waals surface area contributed by atoms with Crippen molar-refractivity contribution in [3.63, 3.8) is 0 Å². The number of nitrogens with zero attached hydrogens (tertiary/aromatic N) is 1. The van der Waals surface area contributed by atoms with E-state index in [1.807, 2.05) is 26.0 Å². The summed E-state index contributed by atoms with van der Waals surface area (Å²) in [4.78, 5) is 37.4. The molecule has 0 saturated carbocycles. The summed E-state index contributed by atoms with van der Waals surface area (Å²) in [7, 11) is 1.37. The summed E-state index contributed by atoms with van der Waals surface area (Å²) in [6, 6.07) is 5.53. The molecule has 1 saturated heterocycles. The van der Waals surface area contributed by atoms with Crippen LogP contribution in [0.2, 0.25) is 0 Å². The number of aryl methyl sites for hydroxylation is 2. The van der Waals surface area contributed by atoms with Gasteiger partial charge < -0.3 is 14.4 Å². The number of carbonyl (C=O) groups is 3. The lowest BCUT2D eigenvalue weighted by atomic mass is 9.97. The lowest BCUT2D eigenvalue weighted by Gasteiger charge is -2.30. The van der Waals surface area contributed by atoms with Crippen molar-refractivity contribution in [1.82, 2.24) is 4.90 Å². The highest BCUT2D eigenvalue weighted by molar-refractivity contribution is 5.92. The van der Waals surface area contributed by atoms with E-state index in [1.54, 1.807) is 11.0 Å². The predicted molar refractivity (Wildman–Crippen MR) is 87.5 cm³/mol. The number of methoxy groups -OCH3 is 1. The number of rotatable bonds is 4. The Balaban J connectivity index is 1.84. The molecule has 1 amide bonds. The number of likely N-dealkylation sites (tertiary alicyclic amines) is 1. The van der Waals surface area contributed by atoms with Gasteiger partial charge in [-0.15, -0.1) is 0 Å². The molecule has 0 N–H and O–H groups in total. The minimum absolute atomic E-state index is 0.156. The highest BCUT2D eigenvalue weighted by Gasteiger charge is 2.28. The molecule has 1 aliphatic heterocycles. The van der Waals surface area contributed by atoms with Crippen molar-refractivity contribution in [3.8, 4) is 0 Å². The Labute approximate surface area is 141 Å². The van der Waals surface area contributed by atoms with Gasteiger partial charge in [0.2, 0.25) is 0 Å². The van der Waals surface area contributed by atoms with E-state index in [0.717, 1.165) is 11.1 Å². The number of piperidine rings is 1. The molecule has 1 aromatic carbocycles.